The molecular weight excluding hydrogens is 315 g/mol. The van der Waals surface area contributed by atoms with Gasteiger partial charge in [-0.3, -0.25) is 4.79 Å². The van der Waals surface area contributed by atoms with Crippen molar-refractivity contribution in [1.82, 2.24) is 0 Å². The second kappa shape index (κ2) is 6.91. The lowest BCUT2D eigenvalue weighted by atomic mass is 9.80. The molecule has 0 aromatic carbocycles. The molecule has 0 aromatic heterocycles. The van der Waals surface area contributed by atoms with Crippen LogP contribution < -0.4 is 5.73 Å². The quantitative estimate of drug-likeness (QED) is 0.631. The summed E-state index contributed by atoms with van der Waals surface area (Å²) in [4.78, 5) is 23.3. The zero-order valence-electron chi connectivity index (χ0n) is 13.2. The summed E-state index contributed by atoms with van der Waals surface area (Å²) >= 11 is 0. The van der Waals surface area contributed by atoms with E-state index in [2.05, 4.69) is 4.74 Å². The van der Waals surface area contributed by atoms with Crippen molar-refractivity contribution in [3.63, 3.8) is 0 Å². The number of allylic oxidation sites excluding steroid dienone is 2. The van der Waals surface area contributed by atoms with Crippen molar-refractivity contribution in [2.24, 2.45) is 11.7 Å². The molecule has 0 aromatic rings. The SMILES string of the molecule is CCC1=C(C(F)(F)F)C(N)=C(OC(C)C)C(C(=O)OC)C1=C=O. The van der Waals surface area contributed by atoms with E-state index < -0.39 is 46.8 Å². The number of hydrogen-bond acceptors (Lipinski definition) is 5. The third-order valence-electron chi connectivity index (χ3n) is 3.26. The fourth-order valence-electron chi connectivity index (χ4n) is 2.42. The summed E-state index contributed by atoms with van der Waals surface area (Å²) in [6, 6.07) is 0. The van der Waals surface area contributed by atoms with Crippen LogP contribution in [0.1, 0.15) is 27.2 Å². The highest BCUT2D eigenvalue weighted by atomic mass is 19.4. The van der Waals surface area contributed by atoms with Gasteiger partial charge in [-0.2, -0.15) is 13.2 Å². The van der Waals surface area contributed by atoms with Crippen molar-refractivity contribution in [3.8, 4) is 0 Å². The maximum absolute atomic E-state index is 13.4. The zero-order chi connectivity index (χ0) is 17.9. The van der Waals surface area contributed by atoms with Gasteiger partial charge in [-0.25, -0.2) is 4.79 Å². The zero-order valence-corrected chi connectivity index (χ0v) is 13.2. The Kier molecular flexibility index (Phi) is 5.66. The molecule has 0 heterocycles. The fraction of sp³-hybridized carbons (Fsp3) is 0.533. The molecule has 8 heteroatoms. The van der Waals surface area contributed by atoms with Gasteiger partial charge in [-0.1, -0.05) is 6.92 Å². The Labute approximate surface area is 131 Å². The predicted molar refractivity (Wildman–Crippen MR) is 75.5 cm³/mol. The van der Waals surface area contributed by atoms with Gasteiger partial charge in [-0.05, 0) is 25.8 Å². The highest BCUT2D eigenvalue weighted by molar-refractivity contribution is 5.87. The van der Waals surface area contributed by atoms with Crippen LogP contribution in [0.2, 0.25) is 0 Å². The average molecular weight is 333 g/mol. The normalized spacial score (nSPS) is 19.1. The number of hydrogen-bond donors (Lipinski definition) is 1. The van der Waals surface area contributed by atoms with E-state index in [0.717, 1.165) is 7.11 Å². The molecule has 0 spiro atoms. The van der Waals surface area contributed by atoms with Gasteiger partial charge in [0.1, 0.15) is 11.7 Å². The Morgan fingerprint density at radius 1 is 1.39 bits per heavy atom. The summed E-state index contributed by atoms with van der Waals surface area (Å²) in [6.07, 6.45) is -5.51. The summed E-state index contributed by atoms with van der Waals surface area (Å²) in [5, 5.41) is 0. The molecule has 23 heavy (non-hydrogen) atoms. The first-order chi connectivity index (χ1) is 10.6. The number of alkyl halides is 3. The fourth-order valence-corrected chi connectivity index (χ4v) is 2.42. The summed E-state index contributed by atoms with van der Waals surface area (Å²) < 4.78 is 50.0. The van der Waals surface area contributed by atoms with E-state index in [1.54, 1.807) is 13.8 Å². The Bertz CT molecular complexity index is 611. The number of nitrogens with two attached hydrogens (primary N) is 1. The maximum Gasteiger partial charge on any atom is 0.418 e. The van der Waals surface area contributed by atoms with Gasteiger partial charge in [0.25, 0.3) is 0 Å². The molecule has 1 rings (SSSR count). The summed E-state index contributed by atoms with van der Waals surface area (Å²) in [6.45, 7) is 4.55. The van der Waals surface area contributed by atoms with E-state index in [4.69, 9.17) is 10.5 Å². The van der Waals surface area contributed by atoms with Gasteiger partial charge in [0.2, 0.25) is 0 Å². The molecule has 1 aliphatic carbocycles. The minimum absolute atomic E-state index is 0.150. The second-order valence-electron chi connectivity index (χ2n) is 5.12. The number of carbonyl (C=O) groups is 1. The molecule has 2 N–H and O–H groups in total. The molecule has 1 aliphatic rings. The van der Waals surface area contributed by atoms with E-state index in [-0.39, 0.29) is 12.0 Å². The first-order valence-electron chi connectivity index (χ1n) is 6.90. The molecule has 5 nitrogen and oxygen atoms in total. The van der Waals surface area contributed by atoms with Crippen molar-refractivity contribution in [3.05, 3.63) is 28.2 Å². The van der Waals surface area contributed by atoms with Crippen LogP contribution in [0.4, 0.5) is 13.2 Å². The molecule has 0 radical (unpaired) electrons. The molecule has 0 saturated carbocycles. The smallest absolute Gasteiger partial charge is 0.418 e. The minimum Gasteiger partial charge on any atom is -0.492 e. The van der Waals surface area contributed by atoms with Crippen LogP contribution in [-0.4, -0.2) is 31.3 Å². The van der Waals surface area contributed by atoms with Crippen molar-refractivity contribution in [2.75, 3.05) is 7.11 Å². The molecule has 128 valence electrons. The summed E-state index contributed by atoms with van der Waals surface area (Å²) in [5.41, 5.74) is 2.93. The largest absolute Gasteiger partial charge is 0.492 e. The lowest BCUT2D eigenvalue weighted by Crippen LogP contribution is -2.35. The number of halogens is 3. The van der Waals surface area contributed by atoms with Gasteiger partial charge >= 0.3 is 12.1 Å². The van der Waals surface area contributed by atoms with Crippen LogP contribution >= 0.6 is 0 Å². The van der Waals surface area contributed by atoms with E-state index in [1.165, 1.54) is 12.9 Å². The molecule has 0 fully saturated rings. The number of methoxy groups -OCH3 is 1. The lowest BCUT2D eigenvalue weighted by molar-refractivity contribution is -0.144. The molecular formula is C15H18F3NO4. The van der Waals surface area contributed by atoms with Crippen LogP contribution in [0.5, 0.6) is 0 Å². The number of esters is 1. The monoisotopic (exact) mass is 333 g/mol. The summed E-state index contributed by atoms with van der Waals surface area (Å²) in [5.74, 6) is -1.39. The van der Waals surface area contributed by atoms with Gasteiger partial charge in [0.15, 0.2) is 5.92 Å². The number of rotatable bonds is 4. The van der Waals surface area contributed by atoms with Crippen molar-refractivity contribution in [1.29, 1.82) is 0 Å². The Hall–Kier alpha value is -2.21. The lowest BCUT2D eigenvalue weighted by Gasteiger charge is -2.31. The highest BCUT2D eigenvalue weighted by Crippen LogP contribution is 2.44. The molecule has 0 saturated heterocycles. The Morgan fingerprint density at radius 2 is 1.96 bits per heavy atom. The van der Waals surface area contributed by atoms with E-state index >= 15 is 0 Å². The average Bonchev–Trinajstić information content (AvgIpc) is 2.45. The van der Waals surface area contributed by atoms with Crippen molar-refractivity contribution in [2.45, 2.75) is 39.5 Å². The maximum atomic E-state index is 13.4. The first kappa shape index (κ1) is 18.8. The third-order valence-corrected chi connectivity index (χ3v) is 3.26. The second-order valence-corrected chi connectivity index (χ2v) is 5.12. The number of ether oxygens (including phenoxy) is 2. The van der Waals surface area contributed by atoms with Crippen molar-refractivity contribution >= 4 is 11.9 Å². The highest BCUT2D eigenvalue weighted by Gasteiger charge is 2.48. The van der Waals surface area contributed by atoms with Gasteiger partial charge in [-0.15, -0.1) is 0 Å². The molecule has 1 unspecified atom stereocenters. The molecule has 0 bridgehead atoms. The molecule has 0 aliphatic heterocycles. The van der Waals surface area contributed by atoms with Crippen LogP contribution in [0.15, 0.2) is 28.2 Å². The summed E-state index contributed by atoms with van der Waals surface area (Å²) in [7, 11) is 1.06. The number of carbonyl (C=O) groups excluding carboxylic acids is 2. The predicted octanol–water partition coefficient (Wildman–Crippen LogP) is 2.41. The standard InChI is InChI=1S/C15H18F3NO4/c1-5-8-9(6-20)10(14(21)22-4)13(23-7(2)3)12(19)11(8)15(16,17)18/h7,10H,5,19H2,1-4H3. The van der Waals surface area contributed by atoms with E-state index in [1.807, 2.05) is 0 Å². The van der Waals surface area contributed by atoms with E-state index in [9.17, 15) is 22.8 Å². The minimum atomic E-state index is -4.80. The van der Waals surface area contributed by atoms with Crippen molar-refractivity contribution < 1.29 is 32.2 Å². The van der Waals surface area contributed by atoms with Crippen LogP contribution in [0.25, 0.3) is 0 Å². The van der Waals surface area contributed by atoms with Crippen LogP contribution in [0.3, 0.4) is 0 Å². The Morgan fingerprint density at radius 3 is 2.30 bits per heavy atom. The van der Waals surface area contributed by atoms with Crippen LogP contribution in [-0.2, 0) is 19.1 Å². The Balaban J connectivity index is 3.77. The topological polar surface area (TPSA) is 78.6 Å². The first-order valence-corrected chi connectivity index (χ1v) is 6.90. The molecule has 1 atom stereocenters. The van der Waals surface area contributed by atoms with Crippen LogP contribution in [0, 0.1) is 5.92 Å². The van der Waals surface area contributed by atoms with Gasteiger partial charge in [0.05, 0.1) is 30.1 Å². The van der Waals surface area contributed by atoms with Gasteiger partial charge < -0.3 is 15.2 Å². The third kappa shape index (κ3) is 3.59. The molecule has 0 amide bonds. The van der Waals surface area contributed by atoms with E-state index in [0.29, 0.717) is 0 Å². The van der Waals surface area contributed by atoms with Gasteiger partial charge in [0, 0.05) is 0 Å².